The lowest BCUT2D eigenvalue weighted by Crippen LogP contribution is -2.32. The Morgan fingerprint density at radius 2 is 2.40 bits per heavy atom. The van der Waals surface area contributed by atoms with E-state index in [9.17, 15) is 4.79 Å². The normalized spacial score (nSPS) is 21.7. The lowest BCUT2D eigenvalue weighted by atomic mass is 10.1. The molecular formula is C12H16N2O. The SMILES string of the molecule is N#CC1(C(=O)NCCC2=CCCC2)CC1. The van der Waals surface area contributed by atoms with Gasteiger partial charge >= 0.3 is 0 Å². The quantitative estimate of drug-likeness (QED) is 0.711. The van der Waals surface area contributed by atoms with Crippen molar-refractivity contribution >= 4 is 5.91 Å². The predicted octanol–water partition coefficient (Wildman–Crippen LogP) is 1.91. The fraction of sp³-hybridized carbons (Fsp3) is 0.667. The largest absolute Gasteiger partial charge is 0.354 e. The maximum Gasteiger partial charge on any atom is 0.240 e. The molecule has 0 aliphatic heterocycles. The van der Waals surface area contributed by atoms with Crippen LogP contribution in [0.15, 0.2) is 11.6 Å². The van der Waals surface area contributed by atoms with Crippen LogP contribution in [0.5, 0.6) is 0 Å². The molecule has 0 radical (unpaired) electrons. The van der Waals surface area contributed by atoms with E-state index in [-0.39, 0.29) is 5.91 Å². The molecule has 2 aliphatic carbocycles. The van der Waals surface area contributed by atoms with Crippen LogP contribution in [0.1, 0.15) is 38.5 Å². The molecule has 0 saturated heterocycles. The van der Waals surface area contributed by atoms with E-state index < -0.39 is 5.41 Å². The molecular weight excluding hydrogens is 188 g/mol. The highest BCUT2D eigenvalue weighted by Crippen LogP contribution is 2.44. The topological polar surface area (TPSA) is 52.9 Å². The lowest BCUT2D eigenvalue weighted by Gasteiger charge is -2.08. The molecule has 0 aromatic rings. The van der Waals surface area contributed by atoms with Gasteiger partial charge in [-0.05, 0) is 38.5 Å². The summed E-state index contributed by atoms with van der Waals surface area (Å²) in [5.74, 6) is -0.0661. The zero-order valence-corrected chi connectivity index (χ0v) is 8.88. The number of hydrogen-bond donors (Lipinski definition) is 1. The van der Waals surface area contributed by atoms with Gasteiger partial charge in [-0.2, -0.15) is 5.26 Å². The third kappa shape index (κ3) is 2.20. The molecule has 15 heavy (non-hydrogen) atoms. The van der Waals surface area contributed by atoms with Gasteiger partial charge in [0.15, 0.2) is 0 Å². The van der Waals surface area contributed by atoms with Crippen molar-refractivity contribution in [2.75, 3.05) is 6.54 Å². The first kappa shape index (κ1) is 10.2. The molecule has 80 valence electrons. The van der Waals surface area contributed by atoms with Crippen molar-refractivity contribution < 1.29 is 4.79 Å². The Kier molecular flexibility index (Phi) is 2.77. The molecule has 2 aliphatic rings. The number of nitrogens with one attached hydrogen (secondary N) is 1. The first-order valence-electron chi connectivity index (χ1n) is 5.64. The highest BCUT2D eigenvalue weighted by Gasteiger charge is 2.50. The van der Waals surface area contributed by atoms with Crippen molar-refractivity contribution in [2.45, 2.75) is 38.5 Å². The monoisotopic (exact) mass is 204 g/mol. The van der Waals surface area contributed by atoms with Crippen LogP contribution in [0.25, 0.3) is 0 Å². The molecule has 0 bridgehead atoms. The van der Waals surface area contributed by atoms with Crippen molar-refractivity contribution in [1.29, 1.82) is 5.26 Å². The zero-order chi connectivity index (χ0) is 10.7. The second-order valence-electron chi connectivity index (χ2n) is 4.45. The number of nitriles is 1. The maximum absolute atomic E-state index is 11.6. The Hall–Kier alpha value is -1.30. The van der Waals surface area contributed by atoms with Gasteiger partial charge in [0.05, 0.1) is 6.07 Å². The molecule has 1 amide bonds. The van der Waals surface area contributed by atoms with Crippen molar-refractivity contribution in [3.05, 3.63) is 11.6 Å². The van der Waals surface area contributed by atoms with Crippen LogP contribution >= 0.6 is 0 Å². The van der Waals surface area contributed by atoms with Gasteiger partial charge < -0.3 is 5.32 Å². The second kappa shape index (κ2) is 4.06. The van der Waals surface area contributed by atoms with E-state index in [1.165, 1.54) is 24.8 Å². The average Bonchev–Trinajstić information content (AvgIpc) is 2.90. The number of hydrogen-bond acceptors (Lipinski definition) is 2. The van der Waals surface area contributed by atoms with Gasteiger partial charge in [0.25, 0.3) is 0 Å². The molecule has 1 fully saturated rings. The van der Waals surface area contributed by atoms with Crippen LogP contribution in [-0.2, 0) is 4.79 Å². The van der Waals surface area contributed by atoms with Crippen molar-refractivity contribution in [2.24, 2.45) is 5.41 Å². The first-order chi connectivity index (χ1) is 7.27. The molecule has 0 aromatic carbocycles. The van der Waals surface area contributed by atoms with Crippen molar-refractivity contribution in [3.63, 3.8) is 0 Å². The van der Waals surface area contributed by atoms with E-state index >= 15 is 0 Å². The summed E-state index contributed by atoms with van der Waals surface area (Å²) in [4.78, 5) is 11.6. The summed E-state index contributed by atoms with van der Waals surface area (Å²) in [6, 6.07) is 2.10. The Morgan fingerprint density at radius 3 is 2.93 bits per heavy atom. The Balaban J connectivity index is 1.70. The van der Waals surface area contributed by atoms with Gasteiger partial charge in [-0.15, -0.1) is 0 Å². The molecule has 0 aromatic heterocycles. The van der Waals surface area contributed by atoms with Crippen LogP contribution < -0.4 is 5.32 Å². The minimum absolute atomic E-state index is 0.0661. The maximum atomic E-state index is 11.6. The number of carbonyl (C=O) groups is 1. The van der Waals surface area contributed by atoms with Gasteiger partial charge in [0.2, 0.25) is 5.91 Å². The first-order valence-corrected chi connectivity index (χ1v) is 5.64. The zero-order valence-electron chi connectivity index (χ0n) is 8.88. The van der Waals surface area contributed by atoms with E-state index in [0.717, 1.165) is 19.3 Å². The molecule has 0 heterocycles. The minimum Gasteiger partial charge on any atom is -0.354 e. The second-order valence-corrected chi connectivity index (χ2v) is 4.45. The van der Waals surface area contributed by atoms with Gasteiger partial charge in [-0.1, -0.05) is 11.6 Å². The summed E-state index contributed by atoms with van der Waals surface area (Å²) in [7, 11) is 0. The summed E-state index contributed by atoms with van der Waals surface area (Å²) in [6.07, 6.45) is 8.31. The van der Waals surface area contributed by atoms with Gasteiger partial charge in [-0.3, -0.25) is 4.79 Å². The highest BCUT2D eigenvalue weighted by molar-refractivity contribution is 5.88. The fourth-order valence-electron chi connectivity index (χ4n) is 1.98. The number of amides is 1. The molecule has 1 N–H and O–H groups in total. The number of allylic oxidation sites excluding steroid dienone is 1. The van der Waals surface area contributed by atoms with E-state index in [0.29, 0.717) is 6.54 Å². The van der Waals surface area contributed by atoms with Gasteiger partial charge in [0, 0.05) is 6.54 Å². The number of carbonyl (C=O) groups excluding carboxylic acids is 1. The molecule has 0 unspecified atom stereocenters. The Morgan fingerprint density at radius 1 is 1.60 bits per heavy atom. The van der Waals surface area contributed by atoms with E-state index in [4.69, 9.17) is 5.26 Å². The van der Waals surface area contributed by atoms with Crippen LogP contribution in [0, 0.1) is 16.7 Å². The number of nitrogens with zero attached hydrogens (tertiary/aromatic N) is 1. The Bertz CT molecular complexity index is 334. The minimum atomic E-state index is -0.663. The van der Waals surface area contributed by atoms with Crippen molar-refractivity contribution in [3.8, 4) is 6.07 Å². The smallest absolute Gasteiger partial charge is 0.240 e. The van der Waals surface area contributed by atoms with E-state index in [2.05, 4.69) is 17.5 Å². The summed E-state index contributed by atoms with van der Waals surface area (Å²) >= 11 is 0. The standard InChI is InChI=1S/C12H16N2O/c13-9-12(6-7-12)11(15)14-8-5-10-3-1-2-4-10/h3H,1-2,4-8H2,(H,14,15). The molecule has 0 atom stereocenters. The molecule has 0 spiro atoms. The summed E-state index contributed by atoms with van der Waals surface area (Å²) in [6.45, 7) is 0.689. The summed E-state index contributed by atoms with van der Waals surface area (Å²) in [5.41, 5.74) is 0.793. The van der Waals surface area contributed by atoms with Crippen LogP contribution in [0.4, 0.5) is 0 Å². The van der Waals surface area contributed by atoms with Crippen LogP contribution in [-0.4, -0.2) is 12.5 Å². The van der Waals surface area contributed by atoms with Crippen molar-refractivity contribution in [1.82, 2.24) is 5.32 Å². The molecule has 3 nitrogen and oxygen atoms in total. The fourth-order valence-corrected chi connectivity index (χ4v) is 1.98. The summed E-state index contributed by atoms with van der Waals surface area (Å²) in [5, 5.41) is 11.7. The highest BCUT2D eigenvalue weighted by atomic mass is 16.2. The summed E-state index contributed by atoms with van der Waals surface area (Å²) < 4.78 is 0. The van der Waals surface area contributed by atoms with Gasteiger partial charge in [-0.25, -0.2) is 0 Å². The number of rotatable bonds is 4. The Labute approximate surface area is 90.2 Å². The van der Waals surface area contributed by atoms with Crippen LogP contribution in [0.2, 0.25) is 0 Å². The molecule has 2 rings (SSSR count). The third-order valence-corrected chi connectivity index (χ3v) is 3.27. The third-order valence-electron chi connectivity index (χ3n) is 3.27. The lowest BCUT2D eigenvalue weighted by molar-refractivity contribution is -0.124. The van der Waals surface area contributed by atoms with E-state index in [1.807, 2.05) is 0 Å². The molecule has 3 heteroatoms. The molecule has 1 saturated carbocycles. The van der Waals surface area contributed by atoms with E-state index in [1.54, 1.807) is 0 Å². The van der Waals surface area contributed by atoms with Crippen LogP contribution in [0.3, 0.4) is 0 Å². The van der Waals surface area contributed by atoms with Gasteiger partial charge in [0.1, 0.15) is 5.41 Å². The predicted molar refractivity (Wildman–Crippen MR) is 56.8 cm³/mol. The average molecular weight is 204 g/mol.